The molecule has 0 radical (unpaired) electrons. The van der Waals surface area contributed by atoms with Crippen LogP contribution in [-0.4, -0.2) is 34.5 Å². The van der Waals surface area contributed by atoms with Gasteiger partial charge in [-0.25, -0.2) is 0 Å². The van der Waals surface area contributed by atoms with Gasteiger partial charge in [0.1, 0.15) is 5.75 Å². The molecular formula is C27H29N5O2S2. The standard InChI is InChI=1S/C27H29N5O2S2/c1-4-34-24-13-9-8-12-23(24)29-26-30-31-27(36-26)35-18-25(33)28-20-14-16-22(17-15-20)32(19(2)3)21-10-6-5-7-11-21/h5-17,19H,4,18H2,1-3H3,(H,28,33)(H,29,30). The van der Waals surface area contributed by atoms with Crippen molar-refractivity contribution in [2.45, 2.75) is 31.2 Å². The van der Waals surface area contributed by atoms with Crippen LogP contribution in [0.15, 0.2) is 83.2 Å². The number of nitrogens with one attached hydrogen (secondary N) is 2. The number of anilines is 5. The van der Waals surface area contributed by atoms with Crippen molar-refractivity contribution in [1.29, 1.82) is 0 Å². The van der Waals surface area contributed by atoms with Crippen molar-refractivity contribution in [2.75, 3.05) is 27.9 Å². The van der Waals surface area contributed by atoms with Crippen LogP contribution in [0.5, 0.6) is 5.75 Å². The molecule has 0 aliphatic carbocycles. The van der Waals surface area contributed by atoms with Gasteiger partial charge in [-0.2, -0.15) is 0 Å². The highest BCUT2D eigenvalue weighted by molar-refractivity contribution is 8.01. The summed E-state index contributed by atoms with van der Waals surface area (Å²) in [5.41, 5.74) is 3.79. The molecule has 0 saturated carbocycles. The van der Waals surface area contributed by atoms with Gasteiger partial charge in [0.05, 0.1) is 18.0 Å². The highest BCUT2D eigenvalue weighted by atomic mass is 32.2. The van der Waals surface area contributed by atoms with Gasteiger partial charge in [-0.1, -0.05) is 53.4 Å². The van der Waals surface area contributed by atoms with Gasteiger partial charge in [-0.15, -0.1) is 10.2 Å². The average Bonchev–Trinajstić information content (AvgIpc) is 3.33. The van der Waals surface area contributed by atoms with Crippen LogP contribution in [0.1, 0.15) is 20.8 Å². The predicted octanol–water partition coefficient (Wildman–Crippen LogP) is 6.96. The predicted molar refractivity (Wildman–Crippen MR) is 150 cm³/mol. The smallest absolute Gasteiger partial charge is 0.234 e. The Hall–Kier alpha value is -3.56. The number of hydrogen-bond acceptors (Lipinski definition) is 8. The molecule has 1 amide bonds. The molecule has 9 heteroatoms. The van der Waals surface area contributed by atoms with Crippen LogP contribution in [0, 0.1) is 0 Å². The summed E-state index contributed by atoms with van der Waals surface area (Å²) < 4.78 is 6.35. The second-order valence-electron chi connectivity index (χ2n) is 8.11. The first kappa shape index (κ1) is 25.5. The average molecular weight is 520 g/mol. The fourth-order valence-corrected chi connectivity index (χ4v) is 5.21. The number of benzene rings is 3. The van der Waals surface area contributed by atoms with Crippen LogP contribution in [-0.2, 0) is 4.79 Å². The molecule has 7 nitrogen and oxygen atoms in total. The Balaban J connectivity index is 1.31. The van der Waals surface area contributed by atoms with E-state index >= 15 is 0 Å². The minimum absolute atomic E-state index is 0.0945. The maximum atomic E-state index is 12.5. The minimum atomic E-state index is -0.0945. The zero-order valence-corrected chi connectivity index (χ0v) is 22.1. The van der Waals surface area contributed by atoms with Crippen LogP contribution < -0.4 is 20.3 Å². The summed E-state index contributed by atoms with van der Waals surface area (Å²) >= 11 is 2.75. The van der Waals surface area contributed by atoms with E-state index in [-0.39, 0.29) is 11.7 Å². The summed E-state index contributed by atoms with van der Waals surface area (Å²) in [7, 11) is 0. The third-order valence-corrected chi connectivity index (χ3v) is 7.11. The second kappa shape index (κ2) is 12.4. The van der Waals surface area contributed by atoms with E-state index in [0.717, 1.165) is 28.5 Å². The molecule has 4 rings (SSSR count). The Morgan fingerprint density at radius 1 is 0.972 bits per heavy atom. The number of para-hydroxylation sites is 3. The van der Waals surface area contributed by atoms with Crippen molar-refractivity contribution in [2.24, 2.45) is 0 Å². The molecule has 0 spiro atoms. The molecular weight excluding hydrogens is 490 g/mol. The molecule has 0 aliphatic heterocycles. The topological polar surface area (TPSA) is 79.4 Å². The summed E-state index contributed by atoms with van der Waals surface area (Å²) in [5.74, 6) is 0.909. The number of aromatic nitrogens is 2. The number of thioether (sulfide) groups is 1. The first-order chi connectivity index (χ1) is 17.5. The first-order valence-corrected chi connectivity index (χ1v) is 13.5. The van der Waals surface area contributed by atoms with Crippen molar-refractivity contribution in [3.05, 3.63) is 78.9 Å². The number of carbonyl (C=O) groups excluding carboxylic acids is 1. The van der Waals surface area contributed by atoms with E-state index < -0.39 is 0 Å². The van der Waals surface area contributed by atoms with E-state index in [1.807, 2.05) is 73.7 Å². The number of rotatable bonds is 11. The van der Waals surface area contributed by atoms with E-state index in [9.17, 15) is 4.79 Å². The van der Waals surface area contributed by atoms with Gasteiger partial charge in [0.15, 0.2) is 4.34 Å². The Labute approximate surface area is 219 Å². The quantitative estimate of drug-likeness (QED) is 0.207. The van der Waals surface area contributed by atoms with Gasteiger partial charge >= 0.3 is 0 Å². The SMILES string of the molecule is CCOc1ccccc1Nc1nnc(SCC(=O)Nc2ccc(N(c3ccccc3)C(C)C)cc2)s1. The van der Waals surface area contributed by atoms with Crippen LogP contribution in [0.4, 0.5) is 27.9 Å². The summed E-state index contributed by atoms with van der Waals surface area (Å²) in [5, 5.41) is 15.2. The lowest BCUT2D eigenvalue weighted by Gasteiger charge is -2.29. The zero-order chi connectivity index (χ0) is 25.3. The summed E-state index contributed by atoms with van der Waals surface area (Å²) in [6.07, 6.45) is 0. The molecule has 1 aromatic heterocycles. The number of nitrogens with zero attached hydrogens (tertiary/aromatic N) is 3. The Morgan fingerprint density at radius 3 is 2.39 bits per heavy atom. The molecule has 1 heterocycles. The second-order valence-corrected chi connectivity index (χ2v) is 10.3. The molecule has 186 valence electrons. The molecule has 0 atom stereocenters. The Kier molecular flexibility index (Phi) is 8.80. The highest BCUT2D eigenvalue weighted by Crippen LogP contribution is 2.32. The molecule has 4 aromatic rings. The minimum Gasteiger partial charge on any atom is -0.492 e. The van der Waals surface area contributed by atoms with Crippen LogP contribution in [0.25, 0.3) is 0 Å². The van der Waals surface area contributed by atoms with Crippen LogP contribution in [0.3, 0.4) is 0 Å². The lowest BCUT2D eigenvalue weighted by molar-refractivity contribution is -0.113. The van der Waals surface area contributed by atoms with Crippen molar-refractivity contribution in [3.8, 4) is 5.75 Å². The molecule has 0 saturated heterocycles. The fourth-order valence-electron chi connectivity index (χ4n) is 3.65. The summed E-state index contributed by atoms with van der Waals surface area (Å²) in [4.78, 5) is 14.8. The van der Waals surface area contributed by atoms with E-state index in [1.165, 1.54) is 23.1 Å². The van der Waals surface area contributed by atoms with Gasteiger partial charge in [0, 0.05) is 23.1 Å². The molecule has 0 aliphatic rings. The fraction of sp³-hybridized carbons (Fsp3) is 0.222. The van der Waals surface area contributed by atoms with E-state index in [1.54, 1.807) is 0 Å². The van der Waals surface area contributed by atoms with Gasteiger partial charge in [0.2, 0.25) is 11.0 Å². The van der Waals surface area contributed by atoms with Crippen molar-refractivity contribution in [3.63, 3.8) is 0 Å². The van der Waals surface area contributed by atoms with E-state index in [4.69, 9.17) is 4.74 Å². The van der Waals surface area contributed by atoms with Gasteiger partial charge in [0.25, 0.3) is 0 Å². The first-order valence-electron chi connectivity index (χ1n) is 11.7. The lowest BCUT2D eigenvalue weighted by atomic mass is 10.2. The monoisotopic (exact) mass is 519 g/mol. The number of carbonyl (C=O) groups is 1. The molecule has 36 heavy (non-hydrogen) atoms. The third kappa shape index (κ3) is 6.77. The van der Waals surface area contributed by atoms with E-state index in [0.29, 0.717) is 22.1 Å². The molecule has 0 unspecified atom stereocenters. The Bertz CT molecular complexity index is 1260. The van der Waals surface area contributed by atoms with E-state index in [2.05, 4.69) is 51.7 Å². The highest BCUT2D eigenvalue weighted by Gasteiger charge is 2.14. The molecule has 2 N–H and O–H groups in total. The molecule has 0 bridgehead atoms. The maximum Gasteiger partial charge on any atom is 0.234 e. The van der Waals surface area contributed by atoms with Gasteiger partial charge in [-0.05, 0) is 69.3 Å². The molecule has 3 aromatic carbocycles. The van der Waals surface area contributed by atoms with Crippen molar-refractivity contribution in [1.82, 2.24) is 10.2 Å². The summed E-state index contributed by atoms with van der Waals surface area (Å²) in [6.45, 7) is 6.84. The van der Waals surface area contributed by atoms with Crippen LogP contribution >= 0.6 is 23.1 Å². The maximum absolute atomic E-state index is 12.5. The third-order valence-electron chi connectivity index (χ3n) is 5.14. The summed E-state index contributed by atoms with van der Waals surface area (Å²) in [6, 6.07) is 26.2. The number of amides is 1. The Morgan fingerprint density at radius 2 is 1.67 bits per heavy atom. The van der Waals surface area contributed by atoms with Crippen molar-refractivity contribution >= 4 is 56.9 Å². The van der Waals surface area contributed by atoms with Crippen molar-refractivity contribution < 1.29 is 9.53 Å². The number of ether oxygens (including phenoxy) is 1. The number of hydrogen-bond donors (Lipinski definition) is 2. The molecule has 0 fully saturated rings. The van der Waals surface area contributed by atoms with Crippen LogP contribution in [0.2, 0.25) is 0 Å². The zero-order valence-electron chi connectivity index (χ0n) is 20.5. The largest absolute Gasteiger partial charge is 0.492 e. The lowest BCUT2D eigenvalue weighted by Crippen LogP contribution is -2.25. The van der Waals surface area contributed by atoms with Gasteiger partial charge < -0.3 is 20.3 Å². The van der Waals surface area contributed by atoms with Gasteiger partial charge in [-0.3, -0.25) is 4.79 Å². The normalized spacial score (nSPS) is 10.8.